The van der Waals surface area contributed by atoms with Crippen LogP contribution >= 0.6 is 11.8 Å². The van der Waals surface area contributed by atoms with Gasteiger partial charge in [-0.25, -0.2) is 0 Å². The summed E-state index contributed by atoms with van der Waals surface area (Å²) in [7, 11) is 0. The summed E-state index contributed by atoms with van der Waals surface area (Å²) in [5.74, 6) is -1.23. The number of hydrogen-bond acceptors (Lipinski definition) is 11. The molecule has 8 rings (SSSR count). The average Bonchev–Trinajstić information content (AvgIpc) is 3.43. The molecule has 4 heterocycles. The minimum atomic E-state index is -5.13. The van der Waals surface area contributed by atoms with Gasteiger partial charge in [-0.15, -0.1) is 0 Å². The minimum absolute atomic E-state index is 0.00499. The van der Waals surface area contributed by atoms with Crippen LogP contribution in [0.2, 0.25) is 0 Å². The highest BCUT2D eigenvalue weighted by molar-refractivity contribution is 7.99. The molecule has 4 aromatic carbocycles. The van der Waals surface area contributed by atoms with Crippen LogP contribution in [0, 0.1) is 0 Å². The van der Waals surface area contributed by atoms with E-state index in [4.69, 9.17) is 9.47 Å². The second-order valence-corrected chi connectivity index (χ2v) is 20.2. The monoisotopic (exact) mass is 1090 g/mol. The van der Waals surface area contributed by atoms with E-state index in [1.807, 2.05) is 0 Å². The Bertz CT molecular complexity index is 2610. The van der Waals surface area contributed by atoms with Crippen LogP contribution in [-0.2, 0) is 41.0 Å². The second-order valence-electron chi connectivity index (χ2n) is 19.2. The average molecular weight is 1090 g/mol. The maximum atomic E-state index is 16.1. The molecule has 4 amide bonds. The maximum Gasteiger partial charge on any atom is 0.418 e. The van der Waals surface area contributed by atoms with Crippen molar-refractivity contribution in [3.63, 3.8) is 0 Å². The summed E-state index contributed by atoms with van der Waals surface area (Å²) >= 11 is 0.331. The van der Waals surface area contributed by atoms with E-state index >= 15 is 26.3 Å². The van der Waals surface area contributed by atoms with Crippen molar-refractivity contribution in [2.75, 3.05) is 142 Å². The molecule has 0 bridgehead atoms. The van der Waals surface area contributed by atoms with Gasteiger partial charge in [0.25, 0.3) is 0 Å². The Morgan fingerprint density at radius 1 is 0.519 bits per heavy atom. The first-order valence-electron chi connectivity index (χ1n) is 25.8. The van der Waals surface area contributed by atoms with Gasteiger partial charge in [0.2, 0.25) is 23.6 Å². The number of benzene rings is 4. The number of halogens is 6. The lowest BCUT2D eigenvalue weighted by atomic mass is 9.92. The van der Waals surface area contributed by atoms with Crippen molar-refractivity contribution in [3.8, 4) is 22.3 Å². The van der Waals surface area contributed by atoms with Crippen molar-refractivity contribution in [3.05, 3.63) is 107 Å². The van der Waals surface area contributed by atoms with E-state index < -0.39 is 45.1 Å². The van der Waals surface area contributed by atoms with E-state index in [0.717, 1.165) is 38.3 Å². The molecule has 4 saturated heterocycles. The number of ether oxygens (including phenoxy) is 2. The molecule has 0 atom stereocenters. The maximum absolute atomic E-state index is 16.1. The number of anilines is 2. The number of amides is 4. The van der Waals surface area contributed by atoms with Crippen molar-refractivity contribution in [1.82, 2.24) is 29.4 Å². The molecule has 0 radical (unpaired) electrons. The fourth-order valence-corrected chi connectivity index (χ4v) is 11.1. The summed E-state index contributed by atoms with van der Waals surface area (Å²) in [4.78, 5) is 60.6. The lowest BCUT2D eigenvalue weighted by Crippen LogP contribution is -2.49. The molecule has 14 nitrogen and oxygen atoms in total. The number of rotatable bonds is 16. The lowest BCUT2D eigenvalue weighted by molar-refractivity contribution is -0.139. The number of carbonyl (C=O) groups is 4. The number of alkyl halides is 6. The Labute approximate surface area is 449 Å². The summed E-state index contributed by atoms with van der Waals surface area (Å²) in [6.45, 7) is 12.5. The van der Waals surface area contributed by atoms with Gasteiger partial charge < -0.3 is 39.7 Å². The number of nitrogens with zero attached hydrogens (tertiary/aromatic N) is 6. The predicted octanol–water partition coefficient (Wildman–Crippen LogP) is 8.11. The van der Waals surface area contributed by atoms with Crippen LogP contribution in [0.25, 0.3) is 34.4 Å². The molecule has 21 heteroatoms. The minimum Gasteiger partial charge on any atom is -0.384 e. The topological polar surface area (TPSA) is 130 Å². The molecule has 412 valence electrons. The standard InChI is InChI=1S/C56H64F6N8O6S/c1-39(71)67-21-25-69(26-22-67)49(73)15-11-41-9-13-47(53(55(57,58)59)51(41)43-5-3-7-45(37-43)63-17-19-65-29-33-75-34-30-65)77-48-14-10-42(12-16-50(74)70-27-23-68(24-28-70)40(2)72)52(54(48)56(60,61)62)44-6-4-8-46(38-44)64-18-20-66-31-35-76-36-32-66/h3-16,37-38,63-64H,17-36H2,1-2H3. The summed E-state index contributed by atoms with van der Waals surface area (Å²) in [5.41, 5.74) is -1.81. The zero-order chi connectivity index (χ0) is 54.7. The predicted molar refractivity (Wildman–Crippen MR) is 285 cm³/mol. The first-order valence-corrected chi connectivity index (χ1v) is 26.6. The molecule has 77 heavy (non-hydrogen) atoms. The summed E-state index contributed by atoms with van der Waals surface area (Å²) in [6.07, 6.45) is -5.30. The van der Waals surface area contributed by atoms with E-state index in [0.29, 0.717) is 102 Å². The van der Waals surface area contributed by atoms with Crippen LogP contribution in [0.15, 0.2) is 94.7 Å². The first kappa shape index (κ1) is 56.8. The third kappa shape index (κ3) is 15.0. The Balaban J connectivity index is 1.20. The largest absolute Gasteiger partial charge is 0.418 e. The van der Waals surface area contributed by atoms with Gasteiger partial charge in [0.1, 0.15) is 0 Å². The van der Waals surface area contributed by atoms with Gasteiger partial charge in [0.15, 0.2) is 0 Å². The normalized spacial score (nSPS) is 17.4. The summed E-state index contributed by atoms with van der Waals surface area (Å²) in [5, 5.41) is 6.61. The molecule has 4 aliphatic rings. The molecule has 0 aliphatic carbocycles. The van der Waals surface area contributed by atoms with Crippen molar-refractivity contribution in [2.24, 2.45) is 0 Å². The highest BCUT2D eigenvalue weighted by Crippen LogP contribution is 2.51. The van der Waals surface area contributed by atoms with Gasteiger partial charge in [0.05, 0.1) is 37.6 Å². The Hall–Kier alpha value is -6.39. The van der Waals surface area contributed by atoms with Crippen LogP contribution in [0.1, 0.15) is 36.1 Å². The van der Waals surface area contributed by atoms with E-state index in [1.54, 1.807) is 46.2 Å². The summed E-state index contributed by atoms with van der Waals surface area (Å²) in [6, 6.07) is 17.8. The Morgan fingerprint density at radius 3 is 1.23 bits per heavy atom. The van der Waals surface area contributed by atoms with E-state index in [2.05, 4.69) is 20.4 Å². The van der Waals surface area contributed by atoms with Gasteiger partial charge in [-0.05, 0) is 70.8 Å². The fraction of sp³-hybridized carbons (Fsp3) is 0.429. The van der Waals surface area contributed by atoms with Crippen LogP contribution in [-0.4, -0.2) is 184 Å². The van der Waals surface area contributed by atoms with Crippen molar-refractivity contribution >= 4 is 58.9 Å². The number of hydrogen-bond donors (Lipinski definition) is 2. The molecule has 4 aliphatic heterocycles. The number of carbonyl (C=O) groups excluding carboxylic acids is 4. The van der Waals surface area contributed by atoms with Crippen LogP contribution < -0.4 is 10.6 Å². The van der Waals surface area contributed by atoms with Crippen LogP contribution in [0.4, 0.5) is 37.7 Å². The van der Waals surface area contributed by atoms with Crippen molar-refractivity contribution in [2.45, 2.75) is 36.0 Å². The quantitative estimate of drug-likeness (QED) is 0.0835. The number of nitrogens with one attached hydrogen (secondary N) is 2. The number of piperazine rings is 2. The molecule has 0 saturated carbocycles. The fourth-order valence-electron chi connectivity index (χ4n) is 9.90. The molecule has 4 fully saturated rings. The molecule has 0 spiro atoms. The van der Waals surface area contributed by atoms with Crippen LogP contribution in [0.5, 0.6) is 0 Å². The van der Waals surface area contributed by atoms with Crippen molar-refractivity contribution in [1.29, 1.82) is 0 Å². The molecular weight excluding hydrogens is 1030 g/mol. The highest BCUT2D eigenvalue weighted by atomic mass is 32.2. The highest BCUT2D eigenvalue weighted by Gasteiger charge is 2.41. The SMILES string of the molecule is CC(=O)N1CCN(C(=O)C=Cc2ccc(Sc3ccc(C=CC(=O)N4CCN(C(C)=O)CC4)c(-c4cccc(NCCN5CCOCC5)c4)c3C(F)(F)F)c(C(F)(F)F)c2-c2cccc(NCCN3CCOCC3)c2)CC1. The van der Waals surface area contributed by atoms with Gasteiger partial charge in [0, 0.05) is 163 Å². The Morgan fingerprint density at radius 2 is 0.883 bits per heavy atom. The summed E-state index contributed by atoms with van der Waals surface area (Å²) < 4.78 is 107. The number of morpholine rings is 2. The first-order chi connectivity index (χ1) is 36.9. The molecule has 2 N–H and O–H groups in total. The zero-order valence-corrected chi connectivity index (χ0v) is 44.0. The molecule has 0 aromatic heterocycles. The zero-order valence-electron chi connectivity index (χ0n) is 43.2. The van der Waals surface area contributed by atoms with E-state index in [1.165, 1.54) is 72.2 Å². The lowest BCUT2D eigenvalue weighted by Gasteiger charge is -2.33. The third-order valence-electron chi connectivity index (χ3n) is 14.1. The van der Waals surface area contributed by atoms with Crippen molar-refractivity contribution < 1.29 is 55.0 Å². The Kier molecular flexibility index (Phi) is 19.1. The van der Waals surface area contributed by atoms with Gasteiger partial charge in [-0.3, -0.25) is 29.0 Å². The van der Waals surface area contributed by atoms with Gasteiger partial charge in [-0.2, -0.15) is 26.3 Å². The van der Waals surface area contributed by atoms with Gasteiger partial charge in [-0.1, -0.05) is 48.2 Å². The van der Waals surface area contributed by atoms with E-state index in [9.17, 15) is 19.2 Å². The van der Waals surface area contributed by atoms with Gasteiger partial charge >= 0.3 is 12.4 Å². The molecular formula is C56H64F6N8O6S. The van der Waals surface area contributed by atoms with Crippen LogP contribution in [0.3, 0.4) is 0 Å². The second kappa shape index (κ2) is 25.8. The smallest absolute Gasteiger partial charge is 0.384 e. The van der Waals surface area contributed by atoms with E-state index in [-0.39, 0.29) is 71.4 Å². The third-order valence-corrected chi connectivity index (χ3v) is 15.2. The molecule has 0 unspecified atom stereocenters. The molecule has 4 aromatic rings.